The van der Waals surface area contributed by atoms with Crippen LogP contribution in [0.5, 0.6) is 0 Å². The average molecular weight is 508 g/mol. The van der Waals surface area contributed by atoms with Gasteiger partial charge in [-0.2, -0.15) is 9.82 Å². The molecule has 2 aromatic rings. The third-order valence-electron chi connectivity index (χ3n) is 6.08. The van der Waals surface area contributed by atoms with Crippen molar-refractivity contribution in [3.05, 3.63) is 59.4 Å². The van der Waals surface area contributed by atoms with Gasteiger partial charge >= 0.3 is 0 Å². The number of nitrogens with two attached hydrogens (primary N) is 2. The number of hydrogen-bond acceptors (Lipinski definition) is 6. The monoisotopic (exact) mass is 507 g/mol. The Hall–Kier alpha value is -2.63. The Morgan fingerprint density at radius 3 is 2.44 bits per heavy atom. The van der Waals surface area contributed by atoms with Crippen LogP contribution in [-0.2, 0) is 21.2 Å². The Bertz CT molecular complexity index is 1150. The fourth-order valence-corrected chi connectivity index (χ4v) is 5.75. The van der Waals surface area contributed by atoms with Gasteiger partial charge in [0.15, 0.2) is 0 Å². The van der Waals surface area contributed by atoms with Crippen molar-refractivity contribution in [2.45, 2.75) is 54.0 Å². The van der Waals surface area contributed by atoms with E-state index in [1.807, 2.05) is 0 Å². The first kappa shape index (κ1) is 26.0. The van der Waals surface area contributed by atoms with Gasteiger partial charge in [0.1, 0.15) is 17.7 Å². The van der Waals surface area contributed by atoms with E-state index >= 15 is 0 Å². The number of carbonyl (C=O) groups excluding carboxylic acids is 1. The predicted octanol–water partition coefficient (Wildman–Crippen LogP) is 2.42. The van der Waals surface area contributed by atoms with Gasteiger partial charge in [0.2, 0.25) is 15.9 Å². The molecule has 0 saturated heterocycles. The number of nitrogens with zero attached hydrogens (tertiary/aromatic N) is 2. The fourth-order valence-electron chi connectivity index (χ4n) is 4.09. The molecule has 0 aliphatic heterocycles. The normalized spacial score (nSPS) is 15.9. The van der Waals surface area contributed by atoms with Gasteiger partial charge in [-0.3, -0.25) is 4.79 Å². The second-order valence-corrected chi connectivity index (χ2v) is 10.8. The van der Waals surface area contributed by atoms with Crippen molar-refractivity contribution in [2.24, 2.45) is 16.7 Å². The summed E-state index contributed by atoms with van der Waals surface area (Å²) < 4.78 is 43.0. The average Bonchev–Trinajstić information content (AvgIpc) is 3.37. The Morgan fingerprint density at radius 2 is 1.88 bits per heavy atom. The molecule has 5 N–H and O–H groups in total. The van der Waals surface area contributed by atoms with E-state index in [0.717, 1.165) is 37.3 Å². The number of hydrazone groups is 1. The maximum atomic E-state index is 14.3. The van der Waals surface area contributed by atoms with Crippen LogP contribution in [0.1, 0.15) is 36.8 Å². The van der Waals surface area contributed by atoms with Crippen molar-refractivity contribution in [3.8, 4) is 0 Å². The van der Waals surface area contributed by atoms with Crippen LogP contribution in [-0.4, -0.2) is 50.4 Å². The third kappa shape index (κ3) is 6.08. The van der Waals surface area contributed by atoms with Gasteiger partial charge in [0.25, 0.3) is 0 Å². The number of nitrogens with one attached hydrogen (secondary N) is 1. The zero-order valence-corrected chi connectivity index (χ0v) is 20.8. The van der Waals surface area contributed by atoms with E-state index < -0.39 is 21.9 Å². The van der Waals surface area contributed by atoms with Crippen LogP contribution in [0.3, 0.4) is 0 Å². The lowest BCUT2D eigenvalue weighted by molar-refractivity contribution is -0.133. The molecule has 0 spiro atoms. The highest BCUT2D eigenvalue weighted by Gasteiger charge is 2.32. The van der Waals surface area contributed by atoms with Crippen LogP contribution in [0.15, 0.2) is 57.4 Å². The van der Waals surface area contributed by atoms with Crippen LogP contribution in [0.4, 0.5) is 4.39 Å². The number of hydrogen-bond donors (Lipinski definition) is 3. The Labute approximate surface area is 204 Å². The molecule has 3 rings (SSSR count). The van der Waals surface area contributed by atoms with Crippen LogP contribution in [0.2, 0.25) is 0 Å². The second-order valence-electron chi connectivity index (χ2n) is 8.27. The van der Waals surface area contributed by atoms with Gasteiger partial charge in [-0.1, -0.05) is 37.1 Å². The number of halogens is 1. The lowest BCUT2D eigenvalue weighted by atomic mass is 10.0. The summed E-state index contributed by atoms with van der Waals surface area (Å²) in [6, 6.07) is 9.62. The molecule has 0 aromatic heterocycles. The molecule has 1 unspecified atom stereocenters. The Balaban J connectivity index is 1.89. The SMILES string of the molecule is CSc1ccc(S(=O)(=O)NC(Cc2ccc(/C(N)=N/N)cc2)C(=O)N(C)C2CCCC2)cc1F. The Kier molecular flexibility index (Phi) is 8.56. The van der Waals surface area contributed by atoms with Crippen LogP contribution < -0.4 is 16.3 Å². The van der Waals surface area contributed by atoms with Crippen molar-refractivity contribution in [1.82, 2.24) is 9.62 Å². The molecule has 1 atom stereocenters. The topological polar surface area (TPSA) is 131 Å². The molecule has 11 heteroatoms. The number of sulfonamides is 1. The number of amidine groups is 1. The first-order valence-electron chi connectivity index (χ1n) is 10.9. The smallest absolute Gasteiger partial charge is 0.241 e. The van der Waals surface area contributed by atoms with Crippen molar-refractivity contribution < 1.29 is 17.6 Å². The van der Waals surface area contributed by atoms with E-state index in [4.69, 9.17) is 11.6 Å². The van der Waals surface area contributed by atoms with Gasteiger partial charge in [-0.05, 0) is 49.3 Å². The van der Waals surface area contributed by atoms with E-state index in [0.29, 0.717) is 10.5 Å². The Morgan fingerprint density at radius 1 is 1.24 bits per heavy atom. The molecule has 34 heavy (non-hydrogen) atoms. The van der Waals surface area contributed by atoms with E-state index in [2.05, 4.69) is 9.82 Å². The van der Waals surface area contributed by atoms with E-state index in [9.17, 15) is 17.6 Å². The highest BCUT2D eigenvalue weighted by Crippen LogP contribution is 2.25. The number of benzene rings is 2. The molecule has 0 heterocycles. The molecule has 1 aliphatic carbocycles. The zero-order valence-electron chi connectivity index (χ0n) is 19.2. The first-order chi connectivity index (χ1) is 16.2. The summed E-state index contributed by atoms with van der Waals surface area (Å²) in [6.45, 7) is 0. The molecule has 1 fully saturated rings. The van der Waals surface area contributed by atoms with E-state index in [1.54, 1.807) is 42.5 Å². The molecule has 0 radical (unpaired) electrons. The van der Waals surface area contributed by atoms with Gasteiger partial charge in [-0.25, -0.2) is 12.8 Å². The molecule has 1 aliphatic rings. The molecule has 184 valence electrons. The highest BCUT2D eigenvalue weighted by molar-refractivity contribution is 7.98. The van der Waals surface area contributed by atoms with Gasteiger partial charge in [0.05, 0.1) is 4.90 Å². The van der Waals surface area contributed by atoms with Crippen LogP contribution in [0, 0.1) is 5.82 Å². The predicted molar refractivity (Wildman–Crippen MR) is 132 cm³/mol. The molecular weight excluding hydrogens is 477 g/mol. The minimum absolute atomic E-state index is 0.0701. The quantitative estimate of drug-likeness (QED) is 0.157. The maximum absolute atomic E-state index is 14.3. The van der Waals surface area contributed by atoms with Gasteiger partial charge in [-0.15, -0.1) is 11.8 Å². The summed E-state index contributed by atoms with van der Waals surface area (Å²) in [4.78, 5) is 15.1. The molecule has 1 amide bonds. The molecule has 2 aromatic carbocycles. The summed E-state index contributed by atoms with van der Waals surface area (Å²) >= 11 is 1.18. The van der Waals surface area contributed by atoms with Crippen molar-refractivity contribution in [3.63, 3.8) is 0 Å². The summed E-state index contributed by atoms with van der Waals surface area (Å²) in [5.74, 6) is 4.42. The minimum Gasteiger partial charge on any atom is -0.382 e. The molecule has 1 saturated carbocycles. The van der Waals surface area contributed by atoms with Gasteiger partial charge < -0.3 is 16.5 Å². The number of thioether (sulfide) groups is 1. The molecule has 8 nitrogen and oxygen atoms in total. The summed E-state index contributed by atoms with van der Waals surface area (Å²) in [6.07, 6.45) is 5.65. The molecule has 0 bridgehead atoms. The number of carbonyl (C=O) groups is 1. The summed E-state index contributed by atoms with van der Waals surface area (Å²) in [7, 11) is -2.45. The fraction of sp³-hybridized carbons (Fsp3) is 0.391. The van der Waals surface area contributed by atoms with E-state index in [1.165, 1.54) is 23.9 Å². The van der Waals surface area contributed by atoms with Crippen molar-refractivity contribution >= 4 is 33.5 Å². The lowest BCUT2D eigenvalue weighted by Crippen LogP contribution is -2.50. The lowest BCUT2D eigenvalue weighted by Gasteiger charge is -2.29. The first-order valence-corrected chi connectivity index (χ1v) is 13.6. The van der Waals surface area contributed by atoms with Crippen molar-refractivity contribution in [2.75, 3.05) is 13.3 Å². The second kappa shape index (κ2) is 11.2. The maximum Gasteiger partial charge on any atom is 0.241 e. The largest absolute Gasteiger partial charge is 0.382 e. The third-order valence-corrected chi connectivity index (χ3v) is 8.32. The highest BCUT2D eigenvalue weighted by atomic mass is 32.2. The molecular formula is C23H30FN5O3S2. The van der Waals surface area contributed by atoms with Crippen LogP contribution in [0.25, 0.3) is 0 Å². The summed E-state index contributed by atoms with van der Waals surface area (Å²) in [5, 5.41) is 3.46. The van der Waals surface area contributed by atoms with Crippen LogP contribution >= 0.6 is 11.8 Å². The van der Waals surface area contributed by atoms with Crippen molar-refractivity contribution in [1.29, 1.82) is 0 Å². The number of likely N-dealkylation sites (N-methyl/N-ethyl adjacent to an activating group) is 1. The summed E-state index contributed by atoms with van der Waals surface area (Å²) in [5.41, 5.74) is 7.06. The minimum atomic E-state index is -4.16. The number of rotatable bonds is 9. The number of amides is 1. The van der Waals surface area contributed by atoms with E-state index in [-0.39, 0.29) is 29.1 Å². The van der Waals surface area contributed by atoms with Gasteiger partial charge in [0, 0.05) is 23.5 Å². The zero-order chi connectivity index (χ0) is 24.9. The standard InChI is InChI=1S/C23H30FN5O3S2/c1-29(17-5-3-4-6-17)23(30)20(13-15-7-9-16(10-8-15)22(25)27-26)28-34(31,32)18-11-12-21(33-2)19(24)14-18/h7-12,14,17,20,28H,3-6,13,26H2,1-2H3,(H2,25,27).